The summed E-state index contributed by atoms with van der Waals surface area (Å²) in [7, 11) is 0. The van der Waals surface area contributed by atoms with Gasteiger partial charge in [-0.05, 0) is 17.7 Å². The van der Waals surface area contributed by atoms with E-state index in [1.807, 2.05) is 30.3 Å². The van der Waals surface area contributed by atoms with Gasteiger partial charge in [0.15, 0.2) is 5.76 Å². The maximum absolute atomic E-state index is 5.91. The highest BCUT2D eigenvalue weighted by Crippen LogP contribution is 2.26. The van der Waals surface area contributed by atoms with Gasteiger partial charge in [-0.1, -0.05) is 42.5 Å². The average molecular weight is 320 g/mol. The van der Waals surface area contributed by atoms with Crippen LogP contribution in [-0.2, 0) is 11.3 Å². The molecule has 0 atom stereocenters. The van der Waals surface area contributed by atoms with E-state index in [0.29, 0.717) is 5.89 Å². The van der Waals surface area contributed by atoms with E-state index >= 15 is 0 Å². The largest absolute Gasteiger partial charge is 0.436 e. The summed E-state index contributed by atoms with van der Waals surface area (Å²) in [4.78, 5) is 6.83. The summed E-state index contributed by atoms with van der Waals surface area (Å²) in [5.41, 5.74) is 3.35. The molecule has 0 saturated carbocycles. The number of nitrogens with zero attached hydrogens (tertiary/aromatic N) is 2. The van der Waals surface area contributed by atoms with E-state index in [2.05, 4.69) is 34.1 Å². The molecule has 0 unspecified atom stereocenters. The van der Waals surface area contributed by atoms with Crippen LogP contribution in [0.2, 0.25) is 0 Å². The Morgan fingerprint density at radius 1 is 0.875 bits per heavy atom. The summed E-state index contributed by atoms with van der Waals surface area (Å²) in [6.45, 7) is 4.63. The van der Waals surface area contributed by atoms with Crippen LogP contribution < -0.4 is 0 Å². The van der Waals surface area contributed by atoms with E-state index in [1.54, 1.807) is 6.20 Å². The van der Waals surface area contributed by atoms with Gasteiger partial charge in [0.2, 0.25) is 5.89 Å². The molecule has 4 rings (SSSR count). The number of rotatable bonds is 4. The maximum Gasteiger partial charge on any atom is 0.226 e. The standard InChI is InChI=1S/C20H20N2O2/c1-2-4-17(5-3-1)19-14-21-20(24-19)18-8-6-16(7-9-18)15-22-10-12-23-13-11-22/h1-9,14H,10-13,15H2. The van der Waals surface area contributed by atoms with Crippen molar-refractivity contribution in [1.29, 1.82) is 0 Å². The van der Waals surface area contributed by atoms with Gasteiger partial charge < -0.3 is 9.15 Å². The van der Waals surface area contributed by atoms with Gasteiger partial charge in [-0.3, -0.25) is 4.90 Å². The first-order valence-corrected chi connectivity index (χ1v) is 8.29. The normalized spacial score (nSPS) is 15.5. The fraction of sp³-hybridized carbons (Fsp3) is 0.250. The first kappa shape index (κ1) is 15.1. The van der Waals surface area contributed by atoms with E-state index in [-0.39, 0.29) is 0 Å². The van der Waals surface area contributed by atoms with Gasteiger partial charge in [-0.25, -0.2) is 4.98 Å². The molecule has 0 radical (unpaired) electrons. The van der Waals surface area contributed by atoms with Crippen LogP contribution in [0.4, 0.5) is 0 Å². The van der Waals surface area contributed by atoms with Crippen molar-refractivity contribution in [1.82, 2.24) is 9.88 Å². The lowest BCUT2D eigenvalue weighted by atomic mass is 10.1. The summed E-state index contributed by atoms with van der Waals surface area (Å²) in [6, 6.07) is 18.5. The third-order valence-corrected chi connectivity index (χ3v) is 4.27. The molecule has 1 saturated heterocycles. The Labute approximate surface area is 141 Å². The average Bonchev–Trinajstić information content (AvgIpc) is 3.14. The number of ether oxygens (including phenoxy) is 1. The second kappa shape index (κ2) is 6.99. The first-order valence-electron chi connectivity index (χ1n) is 8.29. The van der Waals surface area contributed by atoms with E-state index < -0.39 is 0 Å². The van der Waals surface area contributed by atoms with E-state index in [1.165, 1.54) is 5.56 Å². The van der Waals surface area contributed by atoms with Crippen molar-refractivity contribution in [3.8, 4) is 22.8 Å². The molecule has 0 aliphatic carbocycles. The van der Waals surface area contributed by atoms with Crippen LogP contribution in [0.1, 0.15) is 5.56 Å². The Balaban J connectivity index is 1.48. The number of aromatic nitrogens is 1. The lowest BCUT2D eigenvalue weighted by molar-refractivity contribution is 0.0342. The van der Waals surface area contributed by atoms with Gasteiger partial charge in [-0.15, -0.1) is 0 Å². The van der Waals surface area contributed by atoms with Crippen LogP contribution in [0.25, 0.3) is 22.8 Å². The third-order valence-electron chi connectivity index (χ3n) is 4.27. The van der Waals surface area contributed by atoms with Gasteiger partial charge in [0, 0.05) is 30.8 Å². The van der Waals surface area contributed by atoms with Crippen molar-refractivity contribution in [2.24, 2.45) is 0 Å². The third kappa shape index (κ3) is 3.40. The lowest BCUT2D eigenvalue weighted by Crippen LogP contribution is -2.35. The van der Waals surface area contributed by atoms with Crippen molar-refractivity contribution in [2.45, 2.75) is 6.54 Å². The topological polar surface area (TPSA) is 38.5 Å². The number of hydrogen-bond donors (Lipinski definition) is 0. The summed E-state index contributed by atoms with van der Waals surface area (Å²) in [5.74, 6) is 1.45. The predicted molar refractivity (Wildman–Crippen MR) is 93.5 cm³/mol. The zero-order valence-electron chi connectivity index (χ0n) is 13.5. The molecule has 4 nitrogen and oxygen atoms in total. The van der Waals surface area contributed by atoms with Crippen molar-refractivity contribution in [3.05, 3.63) is 66.4 Å². The molecular formula is C20H20N2O2. The minimum absolute atomic E-state index is 0.659. The molecule has 4 heteroatoms. The fourth-order valence-corrected chi connectivity index (χ4v) is 2.91. The summed E-state index contributed by atoms with van der Waals surface area (Å²) >= 11 is 0. The van der Waals surface area contributed by atoms with E-state index in [4.69, 9.17) is 9.15 Å². The highest BCUT2D eigenvalue weighted by molar-refractivity contribution is 5.61. The Morgan fingerprint density at radius 3 is 2.38 bits per heavy atom. The molecule has 122 valence electrons. The molecule has 24 heavy (non-hydrogen) atoms. The van der Waals surface area contributed by atoms with Crippen molar-refractivity contribution >= 4 is 0 Å². The number of benzene rings is 2. The SMILES string of the molecule is c1ccc(-c2cnc(-c3ccc(CN4CCOCC4)cc3)o2)cc1. The molecular weight excluding hydrogens is 300 g/mol. The maximum atomic E-state index is 5.91. The second-order valence-electron chi connectivity index (χ2n) is 5.98. The van der Waals surface area contributed by atoms with E-state index in [0.717, 1.165) is 49.7 Å². The number of morpholine rings is 1. The molecule has 2 aromatic carbocycles. The van der Waals surface area contributed by atoms with Crippen LogP contribution in [0.3, 0.4) is 0 Å². The van der Waals surface area contributed by atoms with E-state index in [9.17, 15) is 0 Å². The zero-order valence-corrected chi connectivity index (χ0v) is 13.5. The molecule has 2 heterocycles. The van der Waals surface area contributed by atoms with Crippen LogP contribution in [0, 0.1) is 0 Å². The Morgan fingerprint density at radius 2 is 1.62 bits per heavy atom. The molecule has 1 aromatic heterocycles. The fourth-order valence-electron chi connectivity index (χ4n) is 2.91. The minimum atomic E-state index is 0.659. The Bertz CT molecular complexity index is 775. The first-order chi connectivity index (χ1) is 11.9. The van der Waals surface area contributed by atoms with Crippen molar-refractivity contribution < 1.29 is 9.15 Å². The smallest absolute Gasteiger partial charge is 0.226 e. The van der Waals surface area contributed by atoms with Gasteiger partial charge in [0.1, 0.15) is 0 Å². The molecule has 0 spiro atoms. The Hall–Kier alpha value is -2.43. The van der Waals surface area contributed by atoms with Crippen molar-refractivity contribution in [3.63, 3.8) is 0 Å². The van der Waals surface area contributed by atoms with Gasteiger partial charge in [0.25, 0.3) is 0 Å². The zero-order chi connectivity index (χ0) is 16.2. The predicted octanol–water partition coefficient (Wildman–Crippen LogP) is 3.84. The number of hydrogen-bond acceptors (Lipinski definition) is 4. The molecule has 0 amide bonds. The van der Waals surface area contributed by atoms with Gasteiger partial charge in [0.05, 0.1) is 19.4 Å². The molecule has 0 bridgehead atoms. The number of oxazole rings is 1. The highest BCUT2D eigenvalue weighted by atomic mass is 16.5. The second-order valence-corrected chi connectivity index (χ2v) is 5.98. The molecule has 1 fully saturated rings. The molecule has 1 aliphatic rings. The van der Waals surface area contributed by atoms with Crippen LogP contribution >= 0.6 is 0 Å². The quantitative estimate of drug-likeness (QED) is 0.732. The summed E-state index contributed by atoms with van der Waals surface area (Å²) in [5, 5.41) is 0. The monoisotopic (exact) mass is 320 g/mol. The molecule has 0 N–H and O–H groups in total. The van der Waals surface area contributed by atoms with Crippen LogP contribution in [-0.4, -0.2) is 36.2 Å². The van der Waals surface area contributed by atoms with Crippen LogP contribution in [0.15, 0.2) is 65.2 Å². The van der Waals surface area contributed by atoms with Crippen LogP contribution in [0.5, 0.6) is 0 Å². The highest BCUT2D eigenvalue weighted by Gasteiger charge is 2.12. The molecule has 1 aliphatic heterocycles. The Kier molecular flexibility index (Phi) is 4.40. The van der Waals surface area contributed by atoms with Gasteiger partial charge in [-0.2, -0.15) is 0 Å². The molecule has 3 aromatic rings. The van der Waals surface area contributed by atoms with Crippen molar-refractivity contribution in [2.75, 3.05) is 26.3 Å². The minimum Gasteiger partial charge on any atom is -0.436 e. The lowest BCUT2D eigenvalue weighted by Gasteiger charge is -2.26. The van der Waals surface area contributed by atoms with Gasteiger partial charge >= 0.3 is 0 Å². The summed E-state index contributed by atoms with van der Waals surface area (Å²) < 4.78 is 11.3. The summed E-state index contributed by atoms with van der Waals surface area (Å²) in [6.07, 6.45) is 1.78.